The molecule has 1 N–H and O–H groups in total. The maximum Gasteiger partial charge on any atom is 0.271 e. The number of amides is 1. The van der Waals surface area contributed by atoms with Gasteiger partial charge in [-0.15, -0.1) is 11.3 Å². The zero-order chi connectivity index (χ0) is 19.3. The van der Waals surface area contributed by atoms with Crippen LogP contribution in [0, 0.1) is 0 Å². The number of halogens is 1. The van der Waals surface area contributed by atoms with E-state index in [4.69, 9.17) is 16.3 Å². The van der Waals surface area contributed by atoms with E-state index in [2.05, 4.69) is 20.2 Å². The monoisotopic (exact) mass is 414 g/mol. The number of benzene rings is 1. The fourth-order valence-electron chi connectivity index (χ4n) is 2.94. The van der Waals surface area contributed by atoms with E-state index in [0.29, 0.717) is 30.5 Å². The van der Waals surface area contributed by atoms with Gasteiger partial charge in [-0.2, -0.15) is 0 Å². The summed E-state index contributed by atoms with van der Waals surface area (Å²) in [6.07, 6.45) is 1.78. The summed E-state index contributed by atoms with van der Waals surface area (Å²) in [5, 5.41) is 6.07. The second kappa shape index (κ2) is 8.68. The molecular formula is C20H19ClN4O2S. The summed E-state index contributed by atoms with van der Waals surface area (Å²) in [4.78, 5) is 23.6. The molecule has 3 heterocycles. The number of morpholine rings is 1. The van der Waals surface area contributed by atoms with Crippen LogP contribution >= 0.6 is 22.9 Å². The average Bonchev–Trinajstić information content (AvgIpc) is 3.24. The second-order valence-corrected chi connectivity index (χ2v) is 7.58. The van der Waals surface area contributed by atoms with Crippen LogP contribution in [0.1, 0.15) is 16.1 Å². The molecule has 6 nitrogen and oxygen atoms in total. The van der Waals surface area contributed by atoms with Crippen LogP contribution in [-0.4, -0.2) is 42.2 Å². The Morgan fingerprint density at radius 3 is 2.89 bits per heavy atom. The van der Waals surface area contributed by atoms with Crippen molar-refractivity contribution < 1.29 is 9.53 Å². The number of carbonyl (C=O) groups is 1. The minimum Gasteiger partial charge on any atom is -0.378 e. The molecule has 0 bridgehead atoms. The number of rotatable bonds is 5. The van der Waals surface area contributed by atoms with Gasteiger partial charge in [0.2, 0.25) is 0 Å². The number of anilines is 1. The molecule has 28 heavy (non-hydrogen) atoms. The Morgan fingerprint density at radius 2 is 2.07 bits per heavy atom. The van der Waals surface area contributed by atoms with Gasteiger partial charge in [-0.25, -0.2) is 9.97 Å². The molecule has 0 radical (unpaired) electrons. The van der Waals surface area contributed by atoms with Gasteiger partial charge >= 0.3 is 0 Å². The molecule has 1 fully saturated rings. The van der Waals surface area contributed by atoms with Gasteiger partial charge in [0.15, 0.2) is 0 Å². The van der Waals surface area contributed by atoms with Gasteiger partial charge in [0, 0.05) is 41.8 Å². The van der Waals surface area contributed by atoms with E-state index in [1.165, 1.54) is 11.3 Å². The van der Waals surface area contributed by atoms with Crippen LogP contribution in [-0.2, 0) is 11.3 Å². The molecule has 1 amide bonds. The van der Waals surface area contributed by atoms with Gasteiger partial charge in [0.05, 0.1) is 13.2 Å². The van der Waals surface area contributed by atoms with E-state index in [0.717, 1.165) is 35.0 Å². The maximum atomic E-state index is 12.4. The first-order chi connectivity index (χ1) is 13.7. The summed E-state index contributed by atoms with van der Waals surface area (Å²) in [5.74, 6) is 0.686. The minimum absolute atomic E-state index is 0.218. The lowest BCUT2D eigenvalue weighted by Gasteiger charge is -2.27. The Kier molecular flexibility index (Phi) is 5.85. The predicted octanol–water partition coefficient (Wildman–Crippen LogP) is 3.63. The Balaban J connectivity index is 1.45. The number of ether oxygens (including phenoxy) is 1. The second-order valence-electron chi connectivity index (χ2n) is 6.31. The topological polar surface area (TPSA) is 67.4 Å². The summed E-state index contributed by atoms with van der Waals surface area (Å²) in [7, 11) is 0. The van der Waals surface area contributed by atoms with Crippen molar-refractivity contribution in [2.75, 3.05) is 31.2 Å². The van der Waals surface area contributed by atoms with E-state index < -0.39 is 0 Å². The number of hydrogen-bond acceptors (Lipinski definition) is 6. The molecule has 4 rings (SSSR count). The van der Waals surface area contributed by atoms with E-state index in [-0.39, 0.29) is 5.91 Å². The van der Waals surface area contributed by atoms with Crippen molar-refractivity contribution in [3.63, 3.8) is 0 Å². The fraction of sp³-hybridized carbons (Fsp3) is 0.250. The molecule has 1 aliphatic heterocycles. The van der Waals surface area contributed by atoms with Gasteiger partial charge < -0.3 is 15.0 Å². The number of aromatic nitrogens is 2. The number of nitrogens with one attached hydrogen (secondary N) is 1. The maximum absolute atomic E-state index is 12.4. The standard InChI is InChI=1S/C20H19ClN4O2S/c21-16-4-2-1-3-15(16)12-23-19(26)17-13-28-20(24-17)14-5-6-22-18(11-14)25-7-9-27-10-8-25/h1-6,11,13H,7-10,12H2,(H,23,26). The van der Waals surface area contributed by atoms with Gasteiger partial charge in [0.1, 0.15) is 16.5 Å². The molecule has 0 saturated carbocycles. The third-order valence-electron chi connectivity index (χ3n) is 4.46. The molecule has 2 aromatic heterocycles. The lowest BCUT2D eigenvalue weighted by molar-refractivity contribution is 0.0946. The summed E-state index contributed by atoms with van der Waals surface area (Å²) in [6, 6.07) is 11.4. The highest BCUT2D eigenvalue weighted by Crippen LogP contribution is 2.26. The first-order valence-corrected chi connectivity index (χ1v) is 10.2. The van der Waals surface area contributed by atoms with Crippen LogP contribution in [0.4, 0.5) is 5.82 Å². The quantitative estimate of drug-likeness (QED) is 0.690. The largest absolute Gasteiger partial charge is 0.378 e. The van der Waals surface area contributed by atoms with Crippen molar-refractivity contribution in [1.29, 1.82) is 0 Å². The first kappa shape index (κ1) is 18.9. The van der Waals surface area contributed by atoms with Gasteiger partial charge in [-0.3, -0.25) is 4.79 Å². The van der Waals surface area contributed by atoms with Crippen molar-refractivity contribution >= 4 is 34.7 Å². The van der Waals surface area contributed by atoms with Crippen molar-refractivity contribution in [3.8, 4) is 10.6 Å². The number of hydrogen-bond donors (Lipinski definition) is 1. The molecule has 144 valence electrons. The zero-order valence-corrected chi connectivity index (χ0v) is 16.7. The van der Waals surface area contributed by atoms with Crippen LogP contribution in [0.2, 0.25) is 5.02 Å². The van der Waals surface area contributed by atoms with E-state index >= 15 is 0 Å². The molecule has 1 aromatic carbocycles. The Bertz CT molecular complexity index is 972. The smallest absolute Gasteiger partial charge is 0.271 e. The SMILES string of the molecule is O=C(NCc1ccccc1Cl)c1csc(-c2ccnc(N3CCOCC3)c2)n1. The van der Waals surface area contributed by atoms with Gasteiger partial charge in [0.25, 0.3) is 5.91 Å². The Hall–Kier alpha value is -2.48. The van der Waals surface area contributed by atoms with E-state index in [1.54, 1.807) is 17.6 Å². The molecule has 1 aliphatic rings. The Labute approximate surface area is 172 Å². The van der Waals surface area contributed by atoms with Crippen LogP contribution in [0.3, 0.4) is 0 Å². The normalized spacial score (nSPS) is 14.1. The molecule has 0 atom stereocenters. The van der Waals surface area contributed by atoms with Crippen LogP contribution < -0.4 is 10.2 Å². The molecular weight excluding hydrogens is 396 g/mol. The fourth-order valence-corrected chi connectivity index (χ4v) is 3.93. The minimum atomic E-state index is -0.218. The van der Waals surface area contributed by atoms with Crippen molar-refractivity contribution in [2.45, 2.75) is 6.54 Å². The number of carbonyl (C=O) groups excluding carboxylic acids is 1. The third kappa shape index (κ3) is 4.32. The Morgan fingerprint density at radius 1 is 1.25 bits per heavy atom. The first-order valence-electron chi connectivity index (χ1n) is 8.97. The van der Waals surface area contributed by atoms with Crippen molar-refractivity contribution in [2.24, 2.45) is 0 Å². The van der Waals surface area contributed by atoms with Crippen molar-refractivity contribution in [1.82, 2.24) is 15.3 Å². The summed E-state index contributed by atoms with van der Waals surface area (Å²) >= 11 is 7.58. The van der Waals surface area contributed by atoms with Gasteiger partial charge in [-0.1, -0.05) is 29.8 Å². The van der Waals surface area contributed by atoms with Crippen molar-refractivity contribution in [3.05, 3.63) is 64.3 Å². The van der Waals surface area contributed by atoms with Crippen LogP contribution in [0.25, 0.3) is 10.6 Å². The zero-order valence-electron chi connectivity index (χ0n) is 15.1. The number of nitrogens with zero attached hydrogens (tertiary/aromatic N) is 3. The molecule has 1 saturated heterocycles. The highest BCUT2D eigenvalue weighted by molar-refractivity contribution is 7.13. The van der Waals surface area contributed by atoms with E-state index in [9.17, 15) is 4.79 Å². The van der Waals surface area contributed by atoms with Gasteiger partial charge in [-0.05, 0) is 23.8 Å². The van der Waals surface area contributed by atoms with E-state index in [1.807, 2.05) is 30.3 Å². The molecule has 0 spiro atoms. The summed E-state index contributed by atoms with van der Waals surface area (Å²) in [6.45, 7) is 3.42. The average molecular weight is 415 g/mol. The van der Waals surface area contributed by atoms with Crippen LogP contribution in [0.15, 0.2) is 48.0 Å². The lowest BCUT2D eigenvalue weighted by Crippen LogP contribution is -2.36. The molecule has 0 unspecified atom stereocenters. The number of thiazole rings is 1. The summed E-state index contributed by atoms with van der Waals surface area (Å²) < 4.78 is 5.40. The highest BCUT2D eigenvalue weighted by Gasteiger charge is 2.16. The molecule has 3 aromatic rings. The number of pyridine rings is 1. The molecule has 8 heteroatoms. The molecule has 0 aliphatic carbocycles. The predicted molar refractivity (Wildman–Crippen MR) is 111 cm³/mol. The lowest BCUT2D eigenvalue weighted by atomic mass is 10.2. The highest BCUT2D eigenvalue weighted by atomic mass is 35.5. The van der Waals surface area contributed by atoms with Crippen LogP contribution in [0.5, 0.6) is 0 Å². The third-order valence-corrected chi connectivity index (χ3v) is 5.72. The summed E-state index contributed by atoms with van der Waals surface area (Å²) in [5.41, 5.74) is 2.22.